The summed E-state index contributed by atoms with van der Waals surface area (Å²) in [5.41, 5.74) is 6.07. The molecule has 0 aromatic heterocycles. The van der Waals surface area contributed by atoms with Crippen molar-refractivity contribution in [1.29, 1.82) is 0 Å². The Bertz CT molecular complexity index is 455. The van der Waals surface area contributed by atoms with Crippen molar-refractivity contribution in [2.24, 2.45) is 11.7 Å². The normalized spacial score (nSPS) is 20.8. The van der Waals surface area contributed by atoms with Gasteiger partial charge in [-0.1, -0.05) is 0 Å². The zero-order valence-corrected chi connectivity index (χ0v) is 11.0. The van der Waals surface area contributed by atoms with E-state index in [-0.39, 0.29) is 18.4 Å². The first-order chi connectivity index (χ1) is 9.05. The van der Waals surface area contributed by atoms with Gasteiger partial charge >= 0.3 is 6.03 Å². The van der Waals surface area contributed by atoms with Crippen LogP contribution in [-0.2, 0) is 0 Å². The maximum atomic E-state index is 10.8. The van der Waals surface area contributed by atoms with Crippen LogP contribution >= 0.6 is 0 Å². The molecule has 3 N–H and O–H groups in total. The number of rotatable bonds is 5. The van der Waals surface area contributed by atoms with E-state index < -0.39 is 6.03 Å². The van der Waals surface area contributed by atoms with Crippen molar-refractivity contribution in [2.75, 3.05) is 20.8 Å². The van der Waals surface area contributed by atoms with Gasteiger partial charge in [0, 0.05) is 6.07 Å². The summed E-state index contributed by atoms with van der Waals surface area (Å²) in [4.78, 5) is 10.8. The van der Waals surface area contributed by atoms with Gasteiger partial charge in [-0.25, -0.2) is 9.86 Å². The highest BCUT2D eigenvalue weighted by Gasteiger charge is 2.40. The molecule has 0 saturated heterocycles. The number of benzene rings is 1. The second kappa shape index (κ2) is 5.36. The molecule has 1 aromatic carbocycles. The first kappa shape index (κ1) is 13.5. The molecule has 6 heteroatoms. The van der Waals surface area contributed by atoms with Crippen LogP contribution in [0.2, 0.25) is 0 Å². The standard InChI is InChI=1S/C13H18N2O4/c1-18-10-3-8(4-11(6-10)19-2)12-5-9(12)7-15(17)13(14)16/h3-4,6,9,12,17H,5,7H2,1-2H3,(H2,14,16)/t9-,12-/m0/s1. The van der Waals surface area contributed by atoms with Gasteiger partial charge in [0.15, 0.2) is 0 Å². The second-order valence-corrected chi connectivity index (χ2v) is 4.67. The predicted octanol–water partition coefficient (Wildman–Crippen LogP) is 1.58. The van der Waals surface area contributed by atoms with E-state index in [1.54, 1.807) is 14.2 Å². The van der Waals surface area contributed by atoms with E-state index in [9.17, 15) is 10.0 Å². The zero-order valence-electron chi connectivity index (χ0n) is 11.0. The molecule has 1 aliphatic rings. The maximum Gasteiger partial charge on any atom is 0.338 e. The fourth-order valence-corrected chi connectivity index (χ4v) is 2.21. The van der Waals surface area contributed by atoms with Gasteiger partial charge < -0.3 is 15.2 Å². The summed E-state index contributed by atoms with van der Waals surface area (Å²) < 4.78 is 10.4. The molecular formula is C13H18N2O4. The molecule has 2 atom stereocenters. The molecule has 0 heterocycles. The molecule has 1 aromatic rings. The topological polar surface area (TPSA) is 85.0 Å². The number of nitrogens with two attached hydrogens (primary N) is 1. The summed E-state index contributed by atoms with van der Waals surface area (Å²) in [5.74, 6) is 1.97. The molecule has 6 nitrogen and oxygen atoms in total. The molecule has 0 aliphatic heterocycles. The van der Waals surface area contributed by atoms with Crippen LogP contribution in [0.5, 0.6) is 11.5 Å². The van der Waals surface area contributed by atoms with Crippen LogP contribution < -0.4 is 15.2 Å². The summed E-state index contributed by atoms with van der Waals surface area (Å²) in [6, 6.07) is 4.87. The lowest BCUT2D eigenvalue weighted by Gasteiger charge is -2.12. The molecule has 2 rings (SSSR count). The van der Waals surface area contributed by atoms with Gasteiger partial charge in [0.2, 0.25) is 0 Å². The van der Waals surface area contributed by atoms with Crippen molar-refractivity contribution in [3.8, 4) is 11.5 Å². The lowest BCUT2D eigenvalue weighted by atomic mass is 10.1. The highest BCUT2D eigenvalue weighted by atomic mass is 16.5. The van der Waals surface area contributed by atoms with Crippen LogP contribution in [0.1, 0.15) is 17.9 Å². The van der Waals surface area contributed by atoms with E-state index in [1.807, 2.05) is 18.2 Å². The lowest BCUT2D eigenvalue weighted by molar-refractivity contribution is -0.0431. The van der Waals surface area contributed by atoms with E-state index >= 15 is 0 Å². The van der Waals surface area contributed by atoms with Crippen LogP contribution in [0.4, 0.5) is 4.79 Å². The Kier molecular flexibility index (Phi) is 3.80. The SMILES string of the molecule is COc1cc(OC)cc([C@@H]2C[C@H]2CN(O)C(N)=O)c1. The van der Waals surface area contributed by atoms with E-state index in [4.69, 9.17) is 15.2 Å². The van der Waals surface area contributed by atoms with E-state index in [2.05, 4.69) is 0 Å². The largest absolute Gasteiger partial charge is 0.497 e. The molecule has 0 spiro atoms. The first-order valence-corrected chi connectivity index (χ1v) is 6.04. The van der Waals surface area contributed by atoms with E-state index in [0.29, 0.717) is 5.06 Å². The van der Waals surface area contributed by atoms with Crippen molar-refractivity contribution in [1.82, 2.24) is 5.06 Å². The van der Waals surface area contributed by atoms with Crippen molar-refractivity contribution in [3.63, 3.8) is 0 Å². The maximum absolute atomic E-state index is 10.8. The van der Waals surface area contributed by atoms with Crippen LogP contribution in [0.15, 0.2) is 18.2 Å². The van der Waals surface area contributed by atoms with Crippen LogP contribution in [0.25, 0.3) is 0 Å². The number of ether oxygens (including phenoxy) is 2. The number of urea groups is 1. The first-order valence-electron chi connectivity index (χ1n) is 6.04. The molecule has 0 bridgehead atoms. The Morgan fingerprint density at radius 3 is 2.42 bits per heavy atom. The number of hydrogen-bond acceptors (Lipinski definition) is 4. The number of nitrogens with zero attached hydrogens (tertiary/aromatic N) is 1. The second-order valence-electron chi connectivity index (χ2n) is 4.67. The van der Waals surface area contributed by atoms with Crippen LogP contribution in [0.3, 0.4) is 0 Å². The van der Waals surface area contributed by atoms with Gasteiger partial charge in [-0.15, -0.1) is 0 Å². The number of carbonyl (C=O) groups excluding carboxylic acids is 1. The summed E-state index contributed by atoms with van der Waals surface area (Å²) in [7, 11) is 3.21. The quantitative estimate of drug-likeness (QED) is 0.626. The fourth-order valence-electron chi connectivity index (χ4n) is 2.21. The Morgan fingerprint density at radius 1 is 1.37 bits per heavy atom. The molecule has 0 radical (unpaired) electrons. The number of methoxy groups -OCH3 is 2. The predicted molar refractivity (Wildman–Crippen MR) is 68.5 cm³/mol. The van der Waals surface area contributed by atoms with Crippen molar-refractivity contribution >= 4 is 6.03 Å². The van der Waals surface area contributed by atoms with Crippen molar-refractivity contribution < 1.29 is 19.5 Å². The summed E-state index contributed by atoms with van der Waals surface area (Å²) in [5, 5.41) is 9.87. The van der Waals surface area contributed by atoms with Crippen molar-refractivity contribution in [3.05, 3.63) is 23.8 Å². The highest BCUT2D eigenvalue weighted by Crippen LogP contribution is 2.49. The minimum Gasteiger partial charge on any atom is -0.497 e. The van der Waals surface area contributed by atoms with E-state index in [1.165, 1.54) is 0 Å². The van der Waals surface area contributed by atoms with Crippen LogP contribution in [0, 0.1) is 5.92 Å². The van der Waals surface area contributed by atoms with Gasteiger partial charge in [-0.05, 0) is 36.0 Å². The molecule has 1 saturated carbocycles. The van der Waals surface area contributed by atoms with Gasteiger partial charge in [0.05, 0.1) is 20.8 Å². The third-order valence-electron chi connectivity index (χ3n) is 3.39. The number of amides is 2. The fraction of sp³-hybridized carbons (Fsp3) is 0.462. The Morgan fingerprint density at radius 2 is 1.95 bits per heavy atom. The van der Waals surface area contributed by atoms with Crippen molar-refractivity contribution in [2.45, 2.75) is 12.3 Å². The van der Waals surface area contributed by atoms with Gasteiger partial charge in [0.1, 0.15) is 11.5 Å². The Balaban J connectivity index is 2.06. The average molecular weight is 266 g/mol. The monoisotopic (exact) mass is 266 g/mol. The number of primary amides is 1. The molecule has 2 amide bonds. The zero-order chi connectivity index (χ0) is 14.0. The number of carbonyl (C=O) groups is 1. The molecular weight excluding hydrogens is 248 g/mol. The molecule has 19 heavy (non-hydrogen) atoms. The molecule has 104 valence electrons. The van der Waals surface area contributed by atoms with Gasteiger partial charge in [-0.3, -0.25) is 5.21 Å². The highest BCUT2D eigenvalue weighted by molar-refractivity contribution is 5.70. The lowest BCUT2D eigenvalue weighted by Crippen LogP contribution is -2.34. The third-order valence-corrected chi connectivity index (χ3v) is 3.39. The smallest absolute Gasteiger partial charge is 0.338 e. The number of hydrogen-bond donors (Lipinski definition) is 2. The van der Waals surface area contributed by atoms with E-state index in [0.717, 1.165) is 23.5 Å². The van der Waals surface area contributed by atoms with Gasteiger partial charge in [-0.2, -0.15) is 0 Å². The summed E-state index contributed by atoms with van der Waals surface area (Å²) in [6.07, 6.45) is 0.903. The average Bonchev–Trinajstić information content (AvgIpc) is 3.17. The minimum atomic E-state index is -0.825. The molecule has 0 unspecified atom stereocenters. The third kappa shape index (κ3) is 3.08. The Hall–Kier alpha value is -1.95. The number of hydroxylamine groups is 2. The summed E-state index contributed by atoms with van der Waals surface area (Å²) >= 11 is 0. The molecule has 1 aliphatic carbocycles. The minimum absolute atomic E-state index is 0.217. The Labute approximate surface area is 111 Å². The summed E-state index contributed by atoms with van der Waals surface area (Å²) in [6.45, 7) is 0.250. The van der Waals surface area contributed by atoms with Crippen LogP contribution in [-0.4, -0.2) is 37.1 Å². The molecule has 1 fully saturated rings. The van der Waals surface area contributed by atoms with Gasteiger partial charge in [0.25, 0.3) is 0 Å².